The van der Waals surface area contributed by atoms with Crippen LogP contribution in [0.2, 0.25) is 0 Å². The first-order valence-electron chi connectivity index (χ1n) is 9.10. The molecule has 0 spiro atoms. The van der Waals surface area contributed by atoms with Crippen LogP contribution < -0.4 is 11.1 Å². The molecule has 0 saturated heterocycles. The van der Waals surface area contributed by atoms with E-state index >= 15 is 0 Å². The Morgan fingerprint density at radius 1 is 1.10 bits per heavy atom. The Morgan fingerprint density at radius 2 is 1.79 bits per heavy atom. The van der Waals surface area contributed by atoms with E-state index in [1.165, 1.54) is 11.8 Å². The van der Waals surface area contributed by atoms with E-state index in [0.29, 0.717) is 17.5 Å². The third kappa shape index (κ3) is 5.20. The fourth-order valence-electron chi connectivity index (χ4n) is 2.80. The Kier molecular flexibility index (Phi) is 6.61. The van der Waals surface area contributed by atoms with E-state index in [9.17, 15) is 9.59 Å². The van der Waals surface area contributed by atoms with Gasteiger partial charge in [0.05, 0.1) is 11.8 Å². The molecular formula is C20H22N6O2S. The minimum Gasteiger partial charge on any atom is -0.351 e. The summed E-state index contributed by atoms with van der Waals surface area (Å²) in [6.45, 7) is 4.34. The lowest BCUT2D eigenvalue weighted by Gasteiger charge is -2.19. The molecule has 1 atom stereocenters. The summed E-state index contributed by atoms with van der Waals surface area (Å²) in [5, 5.41) is 10.9. The van der Waals surface area contributed by atoms with Gasteiger partial charge in [-0.05, 0) is 23.6 Å². The van der Waals surface area contributed by atoms with E-state index in [1.54, 1.807) is 12.4 Å². The molecule has 8 nitrogen and oxygen atoms in total. The minimum absolute atomic E-state index is 0.0504. The van der Waals surface area contributed by atoms with Gasteiger partial charge in [-0.3, -0.25) is 19.7 Å². The molecule has 150 valence electrons. The van der Waals surface area contributed by atoms with Crippen LogP contribution in [0.5, 0.6) is 0 Å². The highest BCUT2D eigenvalue weighted by molar-refractivity contribution is 8.00. The molecule has 29 heavy (non-hydrogen) atoms. The molecule has 3 amide bonds. The van der Waals surface area contributed by atoms with E-state index in [4.69, 9.17) is 5.73 Å². The zero-order valence-electron chi connectivity index (χ0n) is 16.1. The summed E-state index contributed by atoms with van der Waals surface area (Å²) < 4.78 is 1.96. The van der Waals surface area contributed by atoms with E-state index in [2.05, 4.69) is 20.5 Å². The zero-order valence-corrected chi connectivity index (χ0v) is 17.0. The Balaban J connectivity index is 1.98. The number of carbonyl (C=O) groups is 2. The molecule has 2 aromatic heterocycles. The van der Waals surface area contributed by atoms with Gasteiger partial charge in [0.1, 0.15) is 0 Å². The van der Waals surface area contributed by atoms with Crippen molar-refractivity contribution in [3.8, 4) is 11.4 Å². The van der Waals surface area contributed by atoms with Crippen LogP contribution in [0.15, 0.2) is 60.0 Å². The lowest BCUT2D eigenvalue weighted by molar-refractivity contribution is -0.120. The van der Waals surface area contributed by atoms with Gasteiger partial charge in [0.2, 0.25) is 5.91 Å². The normalized spacial score (nSPS) is 12.0. The predicted octanol–water partition coefficient (Wildman–Crippen LogP) is 2.70. The highest BCUT2D eigenvalue weighted by Gasteiger charge is 2.28. The average molecular weight is 411 g/mol. The van der Waals surface area contributed by atoms with Gasteiger partial charge in [0.25, 0.3) is 0 Å². The maximum absolute atomic E-state index is 12.4. The largest absolute Gasteiger partial charge is 0.351 e. The summed E-state index contributed by atoms with van der Waals surface area (Å²) in [5.74, 6) is 0.180. The second-order valence-corrected chi connectivity index (χ2v) is 7.86. The zero-order chi connectivity index (χ0) is 20.8. The summed E-state index contributed by atoms with van der Waals surface area (Å²) in [6.07, 6.45) is 3.39. The van der Waals surface area contributed by atoms with Crippen molar-refractivity contribution in [3.05, 3.63) is 60.4 Å². The molecule has 0 aliphatic carbocycles. The van der Waals surface area contributed by atoms with Crippen LogP contribution in [0.1, 0.15) is 19.4 Å². The van der Waals surface area contributed by atoms with Crippen LogP contribution in [0.4, 0.5) is 4.79 Å². The number of hydrogen-bond acceptors (Lipinski definition) is 6. The van der Waals surface area contributed by atoms with Crippen LogP contribution in [-0.4, -0.2) is 36.9 Å². The van der Waals surface area contributed by atoms with E-state index < -0.39 is 17.2 Å². The Morgan fingerprint density at radius 3 is 2.41 bits per heavy atom. The van der Waals surface area contributed by atoms with E-state index in [1.807, 2.05) is 60.9 Å². The molecule has 1 aromatic carbocycles. The van der Waals surface area contributed by atoms with Gasteiger partial charge < -0.3 is 5.73 Å². The number of rotatable bonds is 7. The van der Waals surface area contributed by atoms with Crippen LogP contribution in [-0.2, 0) is 11.3 Å². The number of imide groups is 1. The van der Waals surface area contributed by atoms with Gasteiger partial charge in [-0.2, -0.15) is 0 Å². The monoisotopic (exact) mass is 410 g/mol. The molecule has 9 heteroatoms. The number of aromatic nitrogens is 4. The van der Waals surface area contributed by atoms with E-state index in [0.717, 1.165) is 11.1 Å². The maximum Gasteiger partial charge on any atom is 0.318 e. The first-order valence-corrected chi connectivity index (χ1v) is 9.98. The number of primary amides is 1. The standard InChI is InChI=1S/C20H22N6O2S/c1-13(2)16(18(27)23-19(21)28)29-20-25-24-17(15-8-10-22-11-9-15)26(20)12-14-6-4-3-5-7-14/h3-11,13,16H,12H2,1-2H3,(H3,21,23,27,28). The summed E-state index contributed by atoms with van der Waals surface area (Å²) >= 11 is 1.26. The molecule has 2 heterocycles. The fraction of sp³-hybridized carbons (Fsp3) is 0.250. The van der Waals surface area contributed by atoms with Crippen LogP contribution in [0.3, 0.4) is 0 Å². The summed E-state index contributed by atoms with van der Waals surface area (Å²) in [7, 11) is 0. The topological polar surface area (TPSA) is 116 Å². The molecule has 0 bridgehead atoms. The molecule has 1 unspecified atom stereocenters. The molecule has 0 radical (unpaired) electrons. The van der Waals surface area contributed by atoms with Crippen LogP contribution in [0.25, 0.3) is 11.4 Å². The SMILES string of the molecule is CC(C)C(Sc1nnc(-c2ccncc2)n1Cc1ccccc1)C(=O)NC(N)=O. The number of urea groups is 1. The van der Waals surface area contributed by atoms with Crippen molar-refractivity contribution in [1.82, 2.24) is 25.1 Å². The number of benzene rings is 1. The number of thioether (sulfide) groups is 1. The summed E-state index contributed by atoms with van der Waals surface area (Å²) in [4.78, 5) is 27.6. The number of carbonyl (C=O) groups excluding carboxylic acids is 2. The molecule has 0 fully saturated rings. The van der Waals surface area contributed by atoms with Crippen molar-refractivity contribution >= 4 is 23.7 Å². The van der Waals surface area contributed by atoms with Gasteiger partial charge in [0.15, 0.2) is 11.0 Å². The van der Waals surface area contributed by atoms with Crippen molar-refractivity contribution in [1.29, 1.82) is 0 Å². The number of nitrogens with one attached hydrogen (secondary N) is 1. The molecule has 3 aromatic rings. The van der Waals surface area contributed by atoms with Crippen molar-refractivity contribution in [2.24, 2.45) is 11.7 Å². The van der Waals surface area contributed by atoms with Gasteiger partial charge in [-0.1, -0.05) is 55.9 Å². The molecule has 3 N–H and O–H groups in total. The second kappa shape index (κ2) is 9.33. The van der Waals surface area contributed by atoms with Gasteiger partial charge >= 0.3 is 6.03 Å². The Bertz CT molecular complexity index is 975. The number of nitrogens with two attached hydrogens (primary N) is 1. The number of pyridine rings is 1. The highest BCUT2D eigenvalue weighted by atomic mass is 32.2. The molecule has 0 aliphatic heterocycles. The van der Waals surface area contributed by atoms with Crippen molar-refractivity contribution in [3.63, 3.8) is 0 Å². The quantitative estimate of drug-likeness (QED) is 0.579. The molecule has 3 rings (SSSR count). The number of amides is 3. The Hall–Kier alpha value is -3.20. The van der Waals surface area contributed by atoms with Crippen molar-refractivity contribution in [2.45, 2.75) is 30.8 Å². The predicted molar refractivity (Wildman–Crippen MR) is 111 cm³/mol. The summed E-state index contributed by atoms with van der Waals surface area (Å²) in [6, 6.07) is 12.8. The number of hydrogen-bond donors (Lipinski definition) is 2. The third-order valence-corrected chi connectivity index (χ3v) is 5.71. The highest BCUT2D eigenvalue weighted by Crippen LogP contribution is 2.30. The third-order valence-electron chi connectivity index (χ3n) is 4.18. The van der Waals surface area contributed by atoms with Gasteiger partial charge in [0, 0.05) is 18.0 Å². The first-order chi connectivity index (χ1) is 14.0. The molecule has 0 aliphatic rings. The van der Waals surface area contributed by atoms with Crippen molar-refractivity contribution < 1.29 is 9.59 Å². The van der Waals surface area contributed by atoms with E-state index in [-0.39, 0.29) is 5.92 Å². The van der Waals surface area contributed by atoms with Gasteiger partial charge in [-0.25, -0.2) is 4.79 Å². The second-order valence-electron chi connectivity index (χ2n) is 6.75. The van der Waals surface area contributed by atoms with Crippen LogP contribution >= 0.6 is 11.8 Å². The summed E-state index contributed by atoms with van der Waals surface area (Å²) in [5.41, 5.74) is 7.07. The smallest absolute Gasteiger partial charge is 0.318 e. The molecular weight excluding hydrogens is 388 g/mol. The Labute approximate surface area is 172 Å². The lowest BCUT2D eigenvalue weighted by atomic mass is 10.1. The molecule has 0 saturated carbocycles. The first kappa shape index (κ1) is 20.5. The van der Waals surface area contributed by atoms with Crippen LogP contribution in [0, 0.1) is 5.92 Å². The van der Waals surface area contributed by atoms with Gasteiger partial charge in [-0.15, -0.1) is 10.2 Å². The lowest BCUT2D eigenvalue weighted by Crippen LogP contribution is -2.42. The van der Waals surface area contributed by atoms with Crippen molar-refractivity contribution in [2.75, 3.05) is 0 Å². The maximum atomic E-state index is 12.4. The number of nitrogens with zero attached hydrogens (tertiary/aromatic N) is 4. The minimum atomic E-state index is -0.871. The fourth-order valence-corrected chi connectivity index (χ4v) is 3.83. The average Bonchev–Trinajstić information content (AvgIpc) is 3.09.